The number of unbranched alkanes of at least 4 members (excludes halogenated alkanes) is 12. The van der Waals surface area contributed by atoms with Gasteiger partial charge >= 0.3 is 0 Å². The summed E-state index contributed by atoms with van der Waals surface area (Å²) < 4.78 is 0. The van der Waals surface area contributed by atoms with Crippen LogP contribution >= 0.6 is 0 Å². The van der Waals surface area contributed by atoms with Gasteiger partial charge in [0.1, 0.15) is 0 Å². The molecule has 0 aromatic rings. The summed E-state index contributed by atoms with van der Waals surface area (Å²) in [5, 5.41) is 8.19. The molecular weight excluding hydrogens is 244 g/mol. The van der Waals surface area contributed by atoms with Gasteiger partial charge in [0.25, 0.3) is 0 Å². The van der Waals surface area contributed by atoms with E-state index in [0.29, 0.717) is 0 Å². The molecule has 0 heterocycles. The molecular formula is C18H36N2. The highest BCUT2D eigenvalue weighted by atomic mass is 15.2. The van der Waals surface area contributed by atoms with Crippen molar-refractivity contribution in [1.29, 1.82) is 0 Å². The van der Waals surface area contributed by atoms with Crippen LogP contribution in [-0.4, -0.2) is 12.4 Å². The second kappa shape index (κ2) is 18.3. The molecule has 0 rings (SSSR count). The fraction of sp³-hybridized carbons (Fsp3) is 0.889. The van der Waals surface area contributed by atoms with E-state index in [1.54, 1.807) is 0 Å². The van der Waals surface area contributed by atoms with Gasteiger partial charge in [-0.25, -0.2) is 0 Å². The zero-order valence-corrected chi connectivity index (χ0v) is 13.9. The lowest BCUT2D eigenvalue weighted by molar-refractivity contribution is 0.616. The molecule has 2 nitrogen and oxygen atoms in total. The highest BCUT2D eigenvalue weighted by Gasteiger charge is 1.89. The zero-order chi connectivity index (χ0) is 14.7. The van der Waals surface area contributed by atoms with Crippen LogP contribution < -0.4 is 0 Å². The van der Waals surface area contributed by atoms with Crippen LogP contribution in [0.1, 0.15) is 104 Å². The van der Waals surface area contributed by atoms with Crippen LogP contribution in [0, 0.1) is 0 Å². The van der Waals surface area contributed by atoms with Crippen molar-refractivity contribution < 1.29 is 0 Å². The molecule has 0 fully saturated rings. The molecule has 0 amide bonds. The van der Waals surface area contributed by atoms with Crippen LogP contribution in [0.3, 0.4) is 0 Å². The molecule has 0 aromatic heterocycles. The summed E-state index contributed by atoms with van der Waals surface area (Å²) >= 11 is 0. The van der Waals surface area contributed by atoms with Crippen molar-refractivity contribution in [2.45, 2.75) is 104 Å². The van der Waals surface area contributed by atoms with Crippen LogP contribution in [0.15, 0.2) is 10.2 Å². The third-order valence-electron chi connectivity index (χ3n) is 3.60. The molecule has 118 valence electrons. The lowest BCUT2D eigenvalue weighted by Crippen LogP contribution is -1.81. The normalized spacial score (nSPS) is 11.9. The Kier molecular flexibility index (Phi) is 17.7. The lowest BCUT2D eigenvalue weighted by Gasteiger charge is -1.97. The summed E-state index contributed by atoms with van der Waals surface area (Å²) in [7, 11) is 0. The second-order valence-corrected chi connectivity index (χ2v) is 5.71. The topological polar surface area (TPSA) is 24.7 Å². The predicted molar refractivity (Wildman–Crippen MR) is 93.0 cm³/mol. The van der Waals surface area contributed by atoms with Crippen molar-refractivity contribution in [3.63, 3.8) is 0 Å². The fourth-order valence-corrected chi connectivity index (χ4v) is 2.24. The molecule has 0 aliphatic heterocycles. The molecule has 0 atom stereocenters. The molecule has 0 aromatic carbocycles. The van der Waals surface area contributed by atoms with Crippen LogP contribution in [0.4, 0.5) is 0 Å². The molecule has 0 bridgehead atoms. The third-order valence-corrected chi connectivity index (χ3v) is 3.60. The van der Waals surface area contributed by atoms with Gasteiger partial charge in [0.05, 0.1) is 0 Å². The second-order valence-electron chi connectivity index (χ2n) is 5.71. The van der Waals surface area contributed by atoms with Crippen molar-refractivity contribution in [1.82, 2.24) is 0 Å². The Balaban J connectivity index is 3.15. The average Bonchev–Trinajstić information content (AvgIpc) is 2.47. The molecule has 0 radical (unpaired) electrons. The van der Waals surface area contributed by atoms with E-state index in [9.17, 15) is 0 Å². The van der Waals surface area contributed by atoms with Gasteiger partial charge in [0, 0.05) is 12.4 Å². The molecule has 2 heteroatoms. The van der Waals surface area contributed by atoms with E-state index >= 15 is 0 Å². The van der Waals surface area contributed by atoms with E-state index in [1.165, 1.54) is 77.0 Å². The van der Waals surface area contributed by atoms with Crippen molar-refractivity contribution in [2.75, 3.05) is 0 Å². The van der Waals surface area contributed by atoms with E-state index in [-0.39, 0.29) is 0 Å². The van der Waals surface area contributed by atoms with Gasteiger partial charge in [0.2, 0.25) is 0 Å². The maximum Gasteiger partial charge on any atom is 0.0270 e. The Hall–Kier alpha value is -0.660. The highest BCUT2D eigenvalue weighted by molar-refractivity contribution is 5.61. The van der Waals surface area contributed by atoms with Gasteiger partial charge < -0.3 is 0 Å². The van der Waals surface area contributed by atoms with E-state index in [1.807, 2.05) is 12.4 Å². The highest BCUT2D eigenvalue weighted by Crippen LogP contribution is 2.06. The minimum atomic E-state index is 1.08. The van der Waals surface area contributed by atoms with Gasteiger partial charge in [-0.2, -0.15) is 10.2 Å². The SMILES string of the molecule is CCCCCCCCC=NN=CCCCCCCCC. The van der Waals surface area contributed by atoms with Crippen LogP contribution in [0.2, 0.25) is 0 Å². The average molecular weight is 280 g/mol. The summed E-state index contributed by atoms with van der Waals surface area (Å²) in [5.74, 6) is 0. The van der Waals surface area contributed by atoms with Crippen molar-refractivity contribution in [3.05, 3.63) is 0 Å². The van der Waals surface area contributed by atoms with Crippen molar-refractivity contribution in [2.24, 2.45) is 10.2 Å². The summed E-state index contributed by atoms with van der Waals surface area (Å²) in [6.07, 6.45) is 22.3. The fourth-order valence-electron chi connectivity index (χ4n) is 2.24. The first kappa shape index (κ1) is 19.3. The van der Waals surface area contributed by atoms with E-state index < -0.39 is 0 Å². The molecule has 0 aliphatic rings. The molecule has 0 saturated heterocycles. The van der Waals surface area contributed by atoms with Gasteiger partial charge in [-0.1, -0.05) is 78.1 Å². The molecule has 0 unspecified atom stereocenters. The zero-order valence-electron chi connectivity index (χ0n) is 13.9. The first-order valence-corrected chi connectivity index (χ1v) is 8.95. The van der Waals surface area contributed by atoms with Crippen LogP contribution in [0.25, 0.3) is 0 Å². The largest absolute Gasteiger partial charge is 0.164 e. The first-order chi connectivity index (χ1) is 9.91. The van der Waals surface area contributed by atoms with E-state index in [4.69, 9.17) is 0 Å². The van der Waals surface area contributed by atoms with Gasteiger partial charge in [-0.15, -0.1) is 0 Å². The third kappa shape index (κ3) is 17.3. The van der Waals surface area contributed by atoms with Crippen LogP contribution in [-0.2, 0) is 0 Å². The predicted octanol–water partition coefficient (Wildman–Crippen LogP) is 6.54. The Morgan fingerprint density at radius 3 is 1.25 bits per heavy atom. The minimum absolute atomic E-state index is 1.08. The van der Waals surface area contributed by atoms with Crippen molar-refractivity contribution in [3.8, 4) is 0 Å². The Morgan fingerprint density at radius 1 is 0.500 bits per heavy atom. The Bertz CT molecular complexity index is 197. The van der Waals surface area contributed by atoms with Gasteiger partial charge in [-0.3, -0.25) is 0 Å². The molecule has 0 spiro atoms. The van der Waals surface area contributed by atoms with E-state index in [0.717, 1.165) is 12.8 Å². The van der Waals surface area contributed by atoms with Gasteiger partial charge in [-0.05, 0) is 25.7 Å². The standard InChI is InChI=1S/C18H36N2/c1-3-5-7-9-11-13-15-17-19-20-18-16-14-12-10-8-6-4-2/h17-18H,3-16H2,1-2H3. The maximum atomic E-state index is 4.10. The first-order valence-electron chi connectivity index (χ1n) is 8.95. The maximum absolute atomic E-state index is 4.10. The lowest BCUT2D eigenvalue weighted by atomic mass is 10.1. The number of hydrogen-bond acceptors (Lipinski definition) is 2. The molecule has 0 aliphatic carbocycles. The summed E-state index contributed by atoms with van der Waals surface area (Å²) in [6.45, 7) is 4.52. The summed E-state index contributed by atoms with van der Waals surface area (Å²) in [5.41, 5.74) is 0. The van der Waals surface area contributed by atoms with Crippen molar-refractivity contribution >= 4 is 12.4 Å². The quantitative estimate of drug-likeness (QED) is 0.185. The summed E-state index contributed by atoms with van der Waals surface area (Å²) in [6, 6.07) is 0. The van der Waals surface area contributed by atoms with Crippen LogP contribution in [0.5, 0.6) is 0 Å². The van der Waals surface area contributed by atoms with Gasteiger partial charge in [0.15, 0.2) is 0 Å². The molecule has 0 saturated carbocycles. The Morgan fingerprint density at radius 2 is 0.850 bits per heavy atom. The Labute approximate surface area is 127 Å². The number of nitrogens with zero attached hydrogens (tertiary/aromatic N) is 2. The molecule has 20 heavy (non-hydrogen) atoms. The summed E-state index contributed by atoms with van der Waals surface area (Å²) in [4.78, 5) is 0. The smallest absolute Gasteiger partial charge is 0.0270 e. The monoisotopic (exact) mass is 280 g/mol. The molecule has 0 N–H and O–H groups in total. The number of rotatable bonds is 15. The number of hydrogen-bond donors (Lipinski definition) is 0. The minimum Gasteiger partial charge on any atom is -0.164 e. The van der Waals surface area contributed by atoms with E-state index in [2.05, 4.69) is 24.1 Å².